The quantitative estimate of drug-likeness (QED) is 0.869. The van der Waals surface area contributed by atoms with Crippen LogP contribution < -0.4 is 5.73 Å². The Morgan fingerprint density at radius 1 is 1.40 bits per heavy atom. The first-order chi connectivity index (χ1) is 9.47. The van der Waals surface area contributed by atoms with Crippen LogP contribution in [0.5, 0.6) is 0 Å². The number of likely N-dealkylation sites (tertiary alicyclic amines) is 1. The lowest BCUT2D eigenvalue weighted by atomic mass is 9.97. The third-order valence-electron chi connectivity index (χ3n) is 3.52. The highest BCUT2D eigenvalue weighted by atomic mass is 32.1. The van der Waals surface area contributed by atoms with E-state index in [-0.39, 0.29) is 18.2 Å². The van der Waals surface area contributed by atoms with Crippen LogP contribution in [-0.2, 0) is 11.2 Å². The molecule has 1 amide bonds. The van der Waals surface area contributed by atoms with Gasteiger partial charge in [0.1, 0.15) is 0 Å². The fraction of sp³-hybridized carbons (Fsp3) is 0.429. The SMILES string of the molecule is NC(=S)C1CCCN(C(=O)Cc2ccc(F)c(F)c2)C1. The smallest absolute Gasteiger partial charge is 0.227 e. The van der Waals surface area contributed by atoms with E-state index in [2.05, 4.69) is 0 Å². The first kappa shape index (κ1) is 14.8. The molecule has 0 radical (unpaired) electrons. The number of benzene rings is 1. The van der Waals surface area contributed by atoms with Crippen molar-refractivity contribution in [2.75, 3.05) is 13.1 Å². The maximum atomic E-state index is 13.1. The highest BCUT2D eigenvalue weighted by Crippen LogP contribution is 2.18. The minimum absolute atomic E-state index is 0.0488. The number of carbonyl (C=O) groups excluding carboxylic acids is 1. The maximum absolute atomic E-state index is 13.1. The van der Waals surface area contributed by atoms with E-state index in [0.717, 1.165) is 25.0 Å². The topological polar surface area (TPSA) is 46.3 Å². The van der Waals surface area contributed by atoms with Crippen molar-refractivity contribution >= 4 is 23.1 Å². The molecule has 0 bridgehead atoms. The van der Waals surface area contributed by atoms with E-state index < -0.39 is 11.6 Å². The normalized spacial score (nSPS) is 18.9. The van der Waals surface area contributed by atoms with Crippen LogP contribution in [-0.4, -0.2) is 28.9 Å². The van der Waals surface area contributed by atoms with Crippen LogP contribution in [0.1, 0.15) is 18.4 Å². The number of carbonyl (C=O) groups is 1. The number of piperidine rings is 1. The van der Waals surface area contributed by atoms with Crippen molar-refractivity contribution in [3.63, 3.8) is 0 Å². The maximum Gasteiger partial charge on any atom is 0.227 e. The predicted molar refractivity (Wildman–Crippen MR) is 76.2 cm³/mol. The average molecular weight is 298 g/mol. The van der Waals surface area contributed by atoms with Gasteiger partial charge in [-0.25, -0.2) is 8.78 Å². The monoisotopic (exact) mass is 298 g/mol. The minimum Gasteiger partial charge on any atom is -0.393 e. The highest BCUT2D eigenvalue weighted by Gasteiger charge is 2.25. The number of nitrogens with two attached hydrogens (primary N) is 1. The number of halogens is 2. The largest absolute Gasteiger partial charge is 0.393 e. The Kier molecular flexibility index (Phi) is 4.65. The van der Waals surface area contributed by atoms with Crippen molar-refractivity contribution in [2.24, 2.45) is 11.7 Å². The Morgan fingerprint density at radius 3 is 2.80 bits per heavy atom. The molecule has 2 N–H and O–H groups in total. The molecule has 0 saturated carbocycles. The molecular formula is C14H16F2N2OS. The van der Waals surface area contributed by atoms with Crippen LogP contribution in [0.2, 0.25) is 0 Å². The second-order valence-electron chi connectivity index (χ2n) is 5.01. The Balaban J connectivity index is 2.00. The second-order valence-corrected chi connectivity index (χ2v) is 5.48. The Bertz CT molecular complexity index is 536. The van der Waals surface area contributed by atoms with Gasteiger partial charge in [0.25, 0.3) is 0 Å². The Hall–Kier alpha value is -1.56. The summed E-state index contributed by atoms with van der Waals surface area (Å²) in [5.41, 5.74) is 6.09. The number of rotatable bonds is 3. The lowest BCUT2D eigenvalue weighted by Crippen LogP contribution is -2.44. The minimum atomic E-state index is -0.935. The Morgan fingerprint density at radius 2 is 2.15 bits per heavy atom. The molecule has 108 valence electrons. The summed E-state index contributed by atoms with van der Waals surface area (Å²) in [6.45, 7) is 1.17. The molecule has 3 nitrogen and oxygen atoms in total. The molecule has 1 aromatic carbocycles. The van der Waals surface area contributed by atoms with Gasteiger partial charge < -0.3 is 10.6 Å². The number of amides is 1. The molecule has 1 saturated heterocycles. The van der Waals surface area contributed by atoms with Crippen molar-refractivity contribution in [1.82, 2.24) is 4.90 Å². The molecule has 20 heavy (non-hydrogen) atoms. The fourth-order valence-electron chi connectivity index (χ4n) is 2.37. The molecule has 1 aliphatic rings. The van der Waals surface area contributed by atoms with Crippen molar-refractivity contribution < 1.29 is 13.6 Å². The van der Waals surface area contributed by atoms with Gasteiger partial charge in [-0.3, -0.25) is 4.79 Å². The third kappa shape index (κ3) is 3.50. The molecule has 0 aliphatic carbocycles. The summed E-state index contributed by atoms with van der Waals surface area (Å²) in [4.78, 5) is 14.3. The highest BCUT2D eigenvalue weighted by molar-refractivity contribution is 7.80. The predicted octanol–water partition coefficient (Wildman–Crippen LogP) is 2.03. The number of nitrogens with zero attached hydrogens (tertiary/aromatic N) is 1. The molecule has 1 unspecified atom stereocenters. The number of thiocarbonyl (C=S) groups is 1. The van der Waals surface area contributed by atoms with Gasteiger partial charge in [-0.1, -0.05) is 18.3 Å². The van der Waals surface area contributed by atoms with E-state index in [1.807, 2.05) is 0 Å². The zero-order valence-corrected chi connectivity index (χ0v) is 11.8. The third-order valence-corrected chi connectivity index (χ3v) is 3.85. The van der Waals surface area contributed by atoms with Crippen LogP contribution in [0.25, 0.3) is 0 Å². The zero-order valence-electron chi connectivity index (χ0n) is 10.9. The average Bonchev–Trinajstić information content (AvgIpc) is 2.43. The summed E-state index contributed by atoms with van der Waals surface area (Å²) in [7, 11) is 0. The van der Waals surface area contributed by atoms with Crippen LogP contribution in [0.15, 0.2) is 18.2 Å². The van der Waals surface area contributed by atoms with Crippen molar-refractivity contribution in [2.45, 2.75) is 19.3 Å². The summed E-state index contributed by atoms with van der Waals surface area (Å²) in [5, 5.41) is 0. The van der Waals surface area contributed by atoms with Crippen molar-refractivity contribution in [3.05, 3.63) is 35.4 Å². The van der Waals surface area contributed by atoms with Crippen LogP contribution >= 0.6 is 12.2 Å². The van der Waals surface area contributed by atoms with Gasteiger partial charge in [0.15, 0.2) is 11.6 Å². The summed E-state index contributed by atoms with van der Waals surface area (Å²) in [6, 6.07) is 3.51. The second kappa shape index (κ2) is 6.26. The van der Waals surface area contributed by atoms with Gasteiger partial charge >= 0.3 is 0 Å². The number of hydrogen-bond acceptors (Lipinski definition) is 2. The summed E-state index contributed by atoms with van der Waals surface area (Å²) >= 11 is 4.96. The zero-order chi connectivity index (χ0) is 14.7. The van der Waals surface area contributed by atoms with E-state index in [0.29, 0.717) is 23.6 Å². The molecule has 6 heteroatoms. The van der Waals surface area contributed by atoms with Crippen LogP contribution in [0.4, 0.5) is 8.78 Å². The van der Waals surface area contributed by atoms with E-state index in [1.54, 1.807) is 4.90 Å². The molecule has 1 fully saturated rings. The van der Waals surface area contributed by atoms with E-state index in [1.165, 1.54) is 6.07 Å². The first-order valence-corrected chi connectivity index (χ1v) is 6.89. The standard InChI is InChI=1S/C14H16F2N2OS/c15-11-4-3-9(6-12(11)16)7-13(19)18-5-1-2-10(8-18)14(17)20/h3-4,6,10H,1-2,5,7-8H2,(H2,17,20). The fourth-order valence-corrected chi connectivity index (χ4v) is 2.56. The molecule has 0 aromatic heterocycles. The molecule has 0 spiro atoms. The van der Waals surface area contributed by atoms with Gasteiger partial charge in [0.2, 0.25) is 5.91 Å². The van der Waals surface area contributed by atoms with Gasteiger partial charge in [-0.05, 0) is 30.5 Å². The first-order valence-electron chi connectivity index (χ1n) is 6.48. The van der Waals surface area contributed by atoms with E-state index >= 15 is 0 Å². The molecule has 1 atom stereocenters. The van der Waals surface area contributed by atoms with E-state index in [9.17, 15) is 13.6 Å². The van der Waals surface area contributed by atoms with Crippen LogP contribution in [0, 0.1) is 17.6 Å². The number of hydrogen-bond donors (Lipinski definition) is 1. The summed E-state index contributed by atoms with van der Waals surface area (Å²) < 4.78 is 25.9. The molecule has 1 heterocycles. The molecule has 1 aliphatic heterocycles. The van der Waals surface area contributed by atoms with Gasteiger partial charge in [-0.2, -0.15) is 0 Å². The summed E-state index contributed by atoms with van der Waals surface area (Å²) in [5.74, 6) is -1.91. The Labute approximate surface area is 121 Å². The molecule has 1 aromatic rings. The van der Waals surface area contributed by atoms with Crippen LogP contribution in [0.3, 0.4) is 0 Å². The van der Waals surface area contributed by atoms with Crippen molar-refractivity contribution in [3.8, 4) is 0 Å². The van der Waals surface area contributed by atoms with Gasteiger partial charge in [-0.15, -0.1) is 0 Å². The van der Waals surface area contributed by atoms with Gasteiger partial charge in [0, 0.05) is 19.0 Å². The van der Waals surface area contributed by atoms with Gasteiger partial charge in [0.05, 0.1) is 11.4 Å². The summed E-state index contributed by atoms with van der Waals surface area (Å²) in [6.07, 6.45) is 1.80. The van der Waals surface area contributed by atoms with Crippen molar-refractivity contribution in [1.29, 1.82) is 0 Å². The molecule has 2 rings (SSSR count). The lowest BCUT2D eigenvalue weighted by Gasteiger charge is -2.32. The molecular weight excluding hydrogens is 282 g/mol. The lowest BCUT2D eigenvalue weighted by molar-refractivity contribution is -0.131. The van der Waals surface area contributed by atoms with E-state index in [4.69, 9.17) is 18.0 Å².